The summed E-state index contributed by atoms with van der Waals surface area (Å²) < 4.78 is 65.2. The minimum absolute atomic E-state index is 0.0486. The van der Waals surface area contributed by atoms with Crippen LogP contribution in [0.4, 0.5) is 13.2 Å². The van der Waals surface area contributed by atoms with Crippen molar-refractivity contribution in [2.45, 2.75) is 42.9 Å². The second-order valence-electron chi connectivity index (χ2n) is 7.50. The number of amides is 1. The lowest BCUT2D eigenvalue weighted by Crippen LogP contribution is -2.43. The van der Waals surface area contributed by atoms with Crippen LogP contribution in [0, 0.1) is 0 Å². The lowest BCUT2D eigenvalue weighted by molar-refractivity contribution is -0.139. The number of rotatable bonds is 5. The highest BCUT2D eigenvalue weighted by atomic mass is 32.2. The van der Waals surface area contributed by atoms with Crippen LogP contribution in [0.5, 0.6) is 0 Å². The lowest BCUT2D eigenvalue weighted by Gasteiger charge is -2.29. The van der Waals surface area contributed by atoms with Gasteiger partial charge in [0.2, 0.25) is 10.0 Å². The van der Waals surface area contributed by atoms with E-state index in [4.69, 9.17) is 4.84 Å². The van der Waals surface area contributed by atoms with Crippen molar-refractivity contribution in [2.24, 2.45) is 5.16 Å². The number of hydrogen-bond donors (Lipinski definition) is 1. The summed E-state index contributed by atoms with van der Waals surface area (Å²) in [6.45, 7) is 0.641. The number of aliphatic hydroxyl groups excluding tert-OH is 1. The molecule has 0 aliphatic carbocycles. The van der Waals surface area contributed by atoms with Crippen LogP contribution >= 0.6 is 0 Å². The Morgan fingerprint density at radius 1 is 1.23 bits per heavy atom. The first kappa shape index (κ1) is 23.5. The summed E-state index contributed by atoms with van der Waals surface area (Å²) in [6.07, 6.45) is -3.30. The van der Waals surface area contributed by atoms with Gasteiger partial charge in [0.05, 0.1) is 22.3 Å². The summed E-state index contributed by atoms with van der Waals surface area (Å²) in [7, 11) is -4.07. The van der Waals surface area contributed by atoms with Gasteiger partial charge in [-0.05, 0) is 31.0 Å². The maximum absolute atomic E-state index is 12.9. The average molecular weight is 463 g/mol. The van der Waals surface area contributed by atoms with Gasteiger partial charge in [0.25, 0.3) is 5.91 Å². The molecule has 0 spiro atoms. The molecule has 0 aromatic heterocycles. The summed E-state index contributed by atoms with van der Waals surface area (Å²) in [6, 6.07) is 3.66. The Morgan fingerprint density at radius 3 is 2.58 bits per heavy atom. The van der Waals surface area contributed by atoms with E-state index in [-0.39, 0.29) is 45.0 Å². The molecule has 31 heavy (non-hydrogen) atoms. The number of likely N-dealkylation sites (tertiary alicyclic amines) is 1. The minimum atomic E-state index is -4.63. The number of carbonyl (C=O) groups is 1. The van der Waals surface area contributed by atoms with Gasteiger partial charge in [-0.25, -0.2) is 8.42 Å². The van der Waals surface area contributed by atoms with Crippen LogP contribution < -0.4 is 0 Å². The number of piperidine rings is 2. The van der Waals surface area contributed by atoms with Crippen LogP contribution in [0.25, 0.3) is 0 Å². The predicted molar refractivity (Wildman–Crippen MR) is 105 cm³/mol. The number of oxime groups is 1. The van der Waals surface area contributed by atoms with Gasteiger partial charge in [-0.1, -0.05) is 11.2 Å². The Balaban J connectivity index is 1.53. The highest BCUT2D eigenvalue weighted by Crippen LogP contribution is 2.31. The highest BCUT2D eigenvalue weighted by molar-refractivity contribution is 7.89. The summed E-state index contributed by atoms with van der Waals surface area (Å²) in [5, 5.41) is 13.5. The molecular formula is C19H24F3N3O5S. The first-order chi connectivity index (χ1) is 14.6. The van der Waals surface area contributed by atoms with E-state index < -0.39 is 32.8 Å². The van der Waals surface area contributed by atoms with Crippen LogP contribution in [0.1, 0.15) is 31.2 Å². The third-order valence-corrected chi connectivity index (χ3v) is 7.12. The van der Waals surface area contributed by atoms with E-state index in [0.29, 0.717) is 24.7 Å². The largest absolute Gasteiger partial charge is 0.416 e. The number of sulfonamides is 1. The summed E-state index contributed by atoms with van der Waals surface area (Å²) >= 11 is 0. The summed E-state index contributed by atoms with van der Waals surface area (Å²) in [5.74, 6) is -0.285. The number of benzene rings is 1. The molecule has 2 aliphatic rings. The number of aliphatic hydroxyl groups is 1. The maximum Gasteiger partial charge on any atom is 0.416 e. The Bertz CT molecular complexity index is 926. The number of hydrogen-bond acceptors (Lipinski definition) is 6. The van der Waals surface area contributed by atoms with E-state index >= 15 is 0 Å². The van der Waals surface area contributed by atoms with Crippen molar-refractivity contribution in [3.63, 3.8) is 0 Å². The van der Waals surface area contributed by atoms with E-state index in [9.17, 15) is 31.5 Å². The third-order valence-electron chi connectivity index (χ3n) is 5.23. The van der Waals surface area contributed by atoms with Gasteiger partial charge in [-0.2, -0.15) is 17.5 Å². The monoisotopic (exact) mass is 463 g/mol. The zero-order valence-corrected chi connectivity index (χ0v) is 17.5. The van der Waals surface area contributed by atoms with Crippen LogP contribution in [-0.4, -0.2) is 73.2 Å². The Labute approximate surface area is 178 Å². The van der Waals surface area contributed by atoms with Gasteiger partial charge in [0.15, 0.2) is 6.61 Å². The molecule has 2 aliphatic heterocycles. The average Bonchev–Trinajstić information content (AvgIpc) is 2.73. The Morgan fingerprint density at radius 2 is 1.94 bits per heavy atom. The van der Waals surface area contributed by atoms with Gasteiger partial charge in [-0.15, -0.1) is 0 Å². The molecule has 3 rings (SSSR count). The number of halogens is 3. The first-order valence-corrected chi connectivity index (χ1v) is 11.3. The molecule has 0 saturated carbocycles. The molecule has 2 heterocycles. The van der Waals surface area contributed by atoms with Crippen LogP contribution in [0.2, 0.25) is 0 Å². The zero-order valence-electron chi connectivity index (χ0n) is 16.7. The smallest absolute Gasteiger partial charge is 0.391 e. The summed E-state index contributed by atoms with van der Waals surface area (Å²) in [5.41, 5.74) is -0.450. The Kier molecular flexibility index (Phi) is 7.22. The van der Waals surface area contributed by atoms with Crippen LogP contribution in [0.15, 0.2) is 34.3 Å². The topological polar surface area (TPSA) is 99.5 Å². The van der Waals surface area contributed by atoms with Gasteiger partial charge in [0.1, 0.15) is 0 Å². The Hall–Kier alpha value is -2.18. The molecule has 8 nitrogen and oxygen atoms in total. The van der Waals surface area contributed by atoms with Crippen molar-refractivity contribution in [2.75, 3.05) is 32.8 Å². The van der Waals surface area contributed by atoms with Gasteiger partial charge < -0.3 is 14.8 Å². The number of alkyl halides is 3. The van der Waals surface area contributed by atoms with E-state index in [1.165, 1.54) is 4.90 Å². The fraction of sp³-hybridized carbons (Fsp3) is 0.579. The molecule has 1 unspecified atom stereocenters. The quantitative estimate of drug-likeness (QED) is 0.672. The number of β-amino-alcohol motifs (C(OH)–C–C–N with tert-alkyl or cyclic N) is 1. The fourth-order valence-electron chi connectivity index (χ4n) is 3.51. The van der Waals surface area contributed by atoms with Gasteiger partial charge >= 0.3 is 6.18 Å². The first-order valence-electron chi connectivity index (χ1n) is 9.88. The molecule has 1 atom stereocenters. The van der Waals surface area contributed by atoms with Crippen molar-refractivity contribution in [1.82, 2.24) is 9.21 Å². The molecule has 1 N–H and O–H groups in total. The maximum atomic E-state index is 12.9. The number of nitrogens with zero attached hydrogens (tertiary/aromatic N) is 3. The van der Waals surface area contributed by atoms with Gasteiger partial charge in [0, 0.05) is 39.0 Å². The molecule has 1 aromatic rings. The lowest BCUT2D eigenvalue weighted by atomic mass is 10.1. The van der Waals surface area contributed by atoms with E-state index in [0.717, 1.165) is 28.9 Å². The van der Waals surface area contributed by atoms with Crippen molar-refractivity contribution >= 4 is 21.6 Å². The van der Waals surface area contributed by atoms with E-state index in [1.807, 2.05) is 0 Å². The standard InChI is InChI=1S/C19H24F3N3O5S/c20-19(21,22)14-3-1-5-17(11-14)31(28,29)25-9-6-15(7-10-25)23-30-13-18(27)24-8-2-4-16(26)12-24/h1,3,5,11,16,26H,2,4,6-10,12-13H2. The minimum Gasteiger partial charge on any atom is -0.391 e. The normalized spacial score (nSPS) is 21.1. The second-order valence-corrected chi connectivity index (χ2v) is 9.43. The van der Waals surface area contributed by atoms with E-state index in [2.05, 4.69) is 5.16 Å². The highest BCUT2D eigenvalue weighted by Gasteiger charge is 2.34. The SMILES string of the molecule is O=C(CON=C1CCN(S(=O)(=O)c2cccc(C(F)(F)F)c2)CC1)N1CCCC(O)C1. The molecule has 0 bridgehead atoms. The third kappa shape index (κ3) is 5.95. The van der Waals surface area contributed by atoms with Crippen molar-refractivity contribution in [1.29, 1.82) is 0 Å². The molecule has 2 saturated heterocycles. The van der Waals surface area contributed by atoms with E-state index in [1.54, 1.807) is 0 Å². The summed E-state index contributed by atoms with van der Waals surface area (Å²) in [4.78, 5) is 18.3. The van der Waals surface area contributed by atoms with Crippen molar-refractivity contribution in [3.05, 3.63) is 29.8 Å². The van der Waals surface area contributed by atoms with Crippen molar-refractivity contribution in [3.8, 4) is 0 Å². The second kappa shape index (κ2) is 9.53. The van der Waals surface area contributed by atoms with Crippen LogP contribution in [0.3, 0.4) is 0 Å². The predicted octanol–water partition coefficient (Wildman–Crippen LogP) is 1.85. The zero-order chi connectivity index (χ0) is 22.6. The molecule has 172 valence electrons. The molecule has 1 aromatic carbocycles. The molecule has 1 amide bonds. The molecular weight excluding hydrogens is 439 g/mol. The fourth-order valence-corrected chi connectivity index (χ4v) is 5.00. The van der Waals surface area contributed by atoms with Crippen molar-refractivity contribution < 1.29 is 36.3 Å². The molecule has 12 heteroatoms. The number of carbonyl (C=O) groups excluding carboxylic acids is 1. The molecule has 2 fully saturated rings. The molecule has 0 radical (unpaired) electrons. The van der Waals surface area contributed by atoms with Gasteiger partial charge in [-0.3, -0.25) is 4.79 Å². The van der Waals surface area contributed by atoms with Crippen LogP contribution in [-0.2, 0) is 25.8 Å².